The van der Waals surface area contributed by atoms with Gasteiger partial charge in [-0.15, -0.1) is 0 Å². The maximum Gasteiger partial charge on any atom is 0.0955 e. The van der Waals surface area contributed by atoms with Crippen molar-refractivity contribution in [3.05, 3.63) is 0 Å². The van der Waals surface area contributed by atoms with Crippen LogP contribution >= 0.6 is 12.2 Å². The molecule has 6 heteroatoms. The van der Waals surface area contributed by atoms with Gasteiger partial charge in [0.25, 0.3) is 0 Å². The highest BCUT2D eigenvalue weighted by Gasteiger charge is 2.20. The molecule has 2 unspecified atom stereocenters. The van der Waals surface area contributed by atoms with Crippen LogP contribution in [0.3, 0.4) is 0 Å². The highest BCUT2D eigenvalue weighted by molar-refractivity contribution is 7.80. The van der Waals surface area contributed by atoms with Crippen molar-refractivity contribution in [1.29, 1.82) is 15.9 Å². The van der Waals surface area contributed by atoms with Crippen molar-refractivity contribution in [3.63, 3.8) is 0 Å². The predicted octanol–water partition coefficient (Wildman–Crippen LogP) is 0.829. The smallest absolute Gasteiger partial charge is 0.0955 e. The Labute approximate surface area is 99.9 Å². The summed E-state index contributed by atoms with van der Waals surface area (Å²) in [6.45, 7) is 0. The van der Waals surface area contributed by atoms with Gasteiger partial charge in [-0.1, -0.05) is 12.2 Å². The van der Waals surface area contributed by atoms with E-state index in [1.54, 1.807) is 0 Å². The molecule has 1 heterocycles. The van der Waals surface area contributed by atoms with Gasteiger partial charge in [-0.05, 0) is 0 Å². The summed E-state index contributed by atoms with van der Waals surface area (Å²) in [5.74, 6) is 0.357. The van der Waals surface area contributed by atoms with E-state index >= 15 is 0 Å². The number of hydrogen-bond donors (Lipinski definition) is 3. The van der Waals surface area contributed by atoms with Crippen molar-refractivity contribution in [1.82, 2.24) is 10.6 Å². The molecule has 0 aromatic heterocycles. The van der Waals surface area contributed by atoms with Gasteiger partial charge in [0.15, 0.2) is 0 Å². The van der Waals surface area contributed by atoms with Crippen LogP contribution in [-0.2, 0) is 0 Å². The zero-order chi connectivity index (χ0) is 12.0. The van der Waals surface area contributed by atoms with E-state index in [0.717, 1.165) is 0 Å². The second-order valence-electron chi connectivity index (χ2n) is 3.72. The lowest BCUT2D eigenvalue weighted by molar-refractivity contribution is 0.560. The van der Waals surface area contributed by atoms with Crippen molar-refractivity contribution < 1.29 is 0 Å². The highest BCUT2D eigenvalue weighted by Crippen LogP contribution is 2.07. The van der Waals surface area contributed by atoms with Gasteiger partial charge >= 0.3 is 0 Å². The normalized spacial score (nSPS) is 25.4. The van der Waals surface area contributed by atoms with Crippen LogP contribution in [0.4, 0.5) is 0 Å². The SMILES string of the molecule is N#CCC1CC(=S)NC(CC#N)CC(=N)N1. The van der Waals surface area contributed by atoms with Gasteiger partial charge in [-0.25, -0.2) is 0 Å². The summed E-state index contributed by atoms with van der Waals surface area (Å²) in [5, 5.41) is 31.0. The molecule has 0 saturated carbocycles. The van der Waals surface area contributed by atoms with Gasteiger partial charge < -0.3 is 10.6 Å². The number of nitriles is 2. The van der Waals surface area contributed by atoms with Crippen LogP contribution in [0, 0.1) is 28.1 Å². The van der Waals surface area contributed by atoms with Crippen LogP contribution in [-0.4, -0.2) is 22.9 Å². The zero-order valence-electron chi connectivity index (χ0n) is 8.79. The Morgan fingerprint density at radius 3 is 2.31 bits per heavy atom. The van der Waals surface area contributed by atoms with Gasteiger partial charge in [0.1, 0.15) is 0 Å². The summed E-state index contributed by atoms with van der Waals surface area (Å²) in [5.41, 5.74) is 0. The first kappa shape index (κ1) is 12.4. The minimum Gasteiger partial charge on any atom is -0.375 e. The molecular formula is C10H13N5S. The maximum atomic E-state index is 8.62. The van der Waals surface area contributed by atoms with E-state index in [9.17, 15) is 0 Å². The van der Waals surface area contributed by atoms with Crippen LogP contribution in [0.25, 0.3) is 0 Å². The molecule has 1 rings (SSSR count). The molecule has 0 spiro atoms. The van der Waals surface area contributed by atoms with E-state index < -0.39 is 0 Å². The Morgan fingerprint density at radius 1 is 1.19 bits per heavy atom. The molecule has 1 saturated heterocycles. The van der Waals surface area contributed by atoms with E-state index in [-0.39, 0.29) is 12.1 Å². The molecule has 2 atom stereocenters. The Balaban J connectivity index is 2.64. The number of thiocarbonyl (C=S) groups is 1. The standard InChI is InChI=1S/C10H13N5S/c11-3-1-7-5-9(13)14-8(2-4-12)6-10(16)15-7/h7-8H,1-2,5-6H2,(H2,13,14)(H,15,16). The van der Waals surface area contributed by atoms with E-state index in [1.165, 1.54) is 0 Å². The van der Waals surface area contributed by atoms with Crippen molar-refractivity contribution >= 4 is 23.0 Å². The molecule has 0 bridgehead atoms. The molecule has 1 fully saturated rings. The zero-order valence-corrected chi connectivity index (χ0v) is 9.60. The van der Waals surface area contributed by atoms with Crippen molar-refractivity contribution in [2.24, 2.45) is 0 Å². The molecule has 0 radical (unpaired) electrons. The second kappa shape index (κ2) is 6.04. The van der Waals surface area contributed by atoms with E-state index in [2.05, 4.69) is 22.8 Å². The Bertz CT molecular complexity index is 312. The summed E-state index contributed by atoms with van der Waals surface area (Å²) >= 11 is 5.13. The van der Waals surface area contributed by atoms with Crippen molar-refractivity contribution in [2.45, 2.75) is 37.8 Å². The van der Waals surface area contributed by atoms with E-state index in [0.29, 0.717) is 36.5 Å². The molecule has 0 aromatic rings. The number of nitrogens with one attached hydrogen (secondary N) is 3. The van der Waals surface area contributed by atoms with Crippen LogP contribution in [0.5, 0.6) is 0 Å². The molecule has 5 nitrogen and oxygen atoms in total. The molecule has 3 N–H and O–H groups in total. The predicted molar refractivity (Wildman–Crippen MR) is 63.9 cm³/mol. The van der Waals surface area contributed by atoms with Gasteiger partial charge in [0, 0.05) is 24.9 Å². The van der Waals surface area contributed by atoms with Gasteiger partial charge in [-0.3, -0.25) is 5.41 Å². The molecule has 1 aliphatic heterocycles. The Morgan fingerprint density at radius 2 is 1.75 bits per heavy atom. The molecule has 84 valence electrons. The third-order valence-corrected chi connectivity index (χ3v) is 2.59. The minimum absolute atomic E-state index is 0.0967. The Hall–Kier alpha value is -1.66. The summed E-state index contributed by atoms with van der Waals surface area (Å²) in [4.78, 5) is 0.653. The maximum absolute atomic E-state index is 8.62. The fraction of sp³-hybridized carbons (Fsp3) is 0.600. The topological polar surface area (TPSA) is 95.5 Å². The van der Waals surface area contributed by atoms with Crippen LogP contribution in [0.1, 0.15) is 25.7 Å². The third kappa shape index (κ3) is 3.84. The lowest BCUT2D eigenvalue weighted by atomic mass is 10.0. The lowest BCUT2D eigenvalue weighted by Crippen LogP contribution is -2.47. The first-order chi connectivity index (χ1) is 7.65. The van der Waals surface area contributed by atoms with Crippen molar-refractivity contribution in [2.75, 3.05) is 0 Å². The molecular weight excluding hydrogens is 222 g/mol. The number of amidine groups is 1. The molecule has 0 aromatic carbocycles. The van der Waals surface area contributed by atoms with Gasteiger partial charge in [0.2, 0.25) is 0 Å². The first-order valence-electron chi connectivity index (χ1n) is 5.03. The Kier molecular flexibility index (Phi) is 4.68. The summed E-state index contributed by atoms with van der Waals surface area (Å²) < 4.78 is 0. The van der Waals surface area contributed by atoms with Crippen molar-refractivity contribution in [3.8, 4) is 12.1 Å². The van der Waals surface area contributed by atoms with Gasteiger partial charge in [-0.2, -0.15) is 10.5 Å². The second-order valence-corrected chi connectivity index (χ2v) is 4.21. The first-order valence-corrected chi connectivity index (χ1v) is 5.43. The molecule has 16 heavy (non-hydrogen) atoms. The monoisotopic (exact) mass is 235 g/mol. The summed E-state index contributed by atoms with van der Waals surface area (Å²) in [6, 6.07) is 3.93. The van der Waals surface area contributed by atoms with E-state index in [4.69, 9.17) is 28.2 Å². The molecule has 0 aliphatic carbocycles. The fourth-order valence-corrected chi connectivity index (χ4v) is 2.00. The number of hydrogen-bond acceptors (Lipinski definition) is 4. The third-order valence-electron chi connectivity index (χ3n) is 2.30. The van der Waals surface area contributed by atoms with E-state index in [1.807, 2.05) is 0 Å². The highest BCUT2D eigenvalue weighted by atomic mass is 32.1. The largest absolute Gasteiger partial charge is 0.375 e. The average Bonchev–Trinajstić information content (AvgIpc) is 2.15. The number of nitrogens with zero attached hydrogens (tertiary/aromatic N) is 2. The van der Waals surface area contributed by atoms with Crippen LogP contribution in [0.15, 0.2) is 0 Å². The quantitative estimate of drug-likeness (QED) is 0.616. The number of rotatable bonds is 2. The summed E-state index contributed by atoms with van der Waals surface area (Å²) in [7, 11) is 0. The summed E-state index contributed by atoms with van der Waals surface area (Å²) in [6.07, 6.45) is 1.63. The minimum atomic E-state index is -0.0967. The fourth-order valence-electron chi connectivity index (χ4n) is 1.63. The van der Waals surface area contributed by atoms with Crippen LogP contribution < -0.4 is 10.6 Å². The average molecular weight is 235 g/mol. The molecule has 1 aliphatic rings. The van der Waals surface area contributed by atoms with Gasteiger partial charge in [0.05, 0.1) is 35.8 Å². The van der Waals surface area contributed by atoms with Crippen LogP contribution in [0.2, 0.25) is 0 Å². The lowest BCUT2D eigenvalue weighted by Gasteiger charge is -2.27. The molecule has 0 amide bonds.